The third kappa shape index (κ3) is 3.82. The molecule has 0 aliphatic heterocycles. The van der Waals surface area contributed by atoms with E-state index in [9.17, 15) is 9.90 Å². The Morgan fingerprint density at radius 2 is 2.18 bits per heavy atom. The van der Waals surface area contributed by atoms with Gasteiger partial charge in [0.1, 0.15) is 17.5 Å². The minimum absolute atomic E-state index is 0.0625. The summed E-state index contributed by atoms with van der Waals surface area (Å²) in [5, 5.41) is 17.7. The number of fused-ring (bicyclic) bond motifs is 1. The lowest BCUT2D eigenvalue weighted by Crippen LogP contribution is -2.21. The number of aromatic nitrogens is 4. The van der Waals surface area contributed by atoms with Gasteiger partial charge < -0.3 is 20.3 Å². The Hall–Kier alpha value is -3.00. The van der Waals surface area contributed by atoms with Crippen LogP contribution in [0.4, 0.5) is 17.5 Å². The molecule has 1 aliphatic carbocycles. The Labute approximate surface area is 162 Å². The summed E-state index contributed by atoms with van der Waals surface area (Å²) in [5.74, 6) is 2.11. The molecule has 0 bridgehead atoms. The van der Waals surface area contributed by atoms with Crippen molar-refractivity contribution in [1.29, 1.82) is 0 Å². The number of hydrogen-bond acceptors (Lipinski definition) is 7. The van der Waals surface area contributed by atoms with Crippen LogP contribution >= 0.6 is 0 Å². The molecule has 1 fully saturated rings. The van der Waals surface area contributed by atoms with E-state index in [0.717, 1.165) is 24.6 Å². The van der Waals surface area contributed by atoms with Crippen LogP contribution < -0.4 is 16.2 Å². The zero-order valence-corrected chi connectivity index (χ0v) is 15.8. The van der Waals surface area contributed by atoms with E-state index in [1.807, 2.05) is 19.1 Å². The van der Waals surface area contributed by atoms with Crippen LogP contribution in [0.2, 0.25) is 0 Å². The first kappa shape index (κ1) is 18.4. The molecule has 146 valence electrons. The number of hydrogen-bond donors (Lipinski definition) is 3. The van der Waals surface area contributed by atoms with Crippen molar-refractivity contribution < 1.29 is 5.11 Å². The van der Waals surface area contributed by atoms with E-state index in [1.54, 1.807) is 29.4 Å². The summed E-state index contributed by atoms with van der Waals surface area (Å²) in [6.45, 7) is 3.22. The van der Waals surface area contributed by atoms with Gasteiger partial charge in [-0.2, -0.15) is 0 Å². The third-order valence-electron chi connectivity index (χ3n) is 5.19. The molecule has 0 aromatic carbocycles. The zero-order chi connectivity index (χ0) is 19.5. The molecular weight excluding hydrogens is 356 g/mol. The van der Waals surface area contributed by atoms with Crippen molar-refractivity contribution in [1.82, 2.24) is 19.5 Å². The minimum atomic E-state index is -0.224. The lowest BCUT2D eigenvalue weighted by molar-refractivity contribution is 0.178. The maximum atomic E-state index is 12.9. The summed E-state index contributed by atoms with van der Waals surface area (Å²) >= 11 is 0. The van der Waals surface area contributed by atoms with Gasteiger partial charge in [-0.1, -0.05) is 0 Å². The molecule has 0 amide bonds. The van der Waals surface area contributed by atoms with E-state index >= 15 is 0 Å². The highest BCUT2D eigenvalue weighted by Gasteiger charge is 2.23. The van der Waals surface area contributed by atoms with E-state index in [0.29, 0.717) is 41.8 Å². The number of nitrogens with zero attached hydrogens (tertiary/aromatic N) is 4. The van der Waals surface area contributed by atoms with Crippen molar-refractivity contribution >= 4 is 28.2 Å². The Bertz CT molecular complexity index is 1020. The molecule has 1 aliphatic rings. The molecule has 0 radical (unpaired) electrons. The van der Waals surface area contributed by atoms with E-state index in [2.05, 4.69) is 25.6 Å². The molecular formula is C20H24N6O2. The molecule has 28 heavy (non-hydrogen) atoms. The van der Waals surface area contributed by atoms with Gasteiger partial charge in [-0.25, -0.2) is 9.97 Å². The van der Waals surface area contributed by atoms with Gasteiger partial charge in [0, 0.05) is 31.7 Å². The average molecular weight is 380 g/mol. The van der Waals surface area contributed by atoms with Crippen LogP contribution in [0.1, 0.15) is 26.2 Å². The number of rotatable bonds is 6. The zero-order valence-electron chi connectivity index (χ0n) is 15.8. The van der Waals surface area contributed by atoms with Gasteiger partial charge in [-0.15, -0.1) is 0 Å². The normalized spacial score (nSPS) is 19.1. The Kier molecular flexibility index (Phi) is 5.21. The average Bonchev–Trinajstić information content (AvgIpc) is 3.12. The first-order valence-electron chi connectivity index (χ1n) is 9.63. The summed E-state index contributed by atoms with van der Waals surface area (Å²) in [6, 6.07) is 3.77. The van der Waals surface area contributed by atoms with Crippen molar-refractivity contribution in [3.05, 3.63) is 47.3 Å². The number of anilines is 3. The van der Waals surface area contributed by atoms with Crippen LogP contribution in [0.5, 0.6) is 0 Å². The van der Waals surface area contributed by atoms with Crippen molar-refractivity contribution in [3.8, 4) is 0 Å². The summed E-state index contributed by atoms with van der Waals surface area (Å²) in [7, 11) is 0. The largest absolute Gasteiger partial charge is 0.393 e. The summed E-state index contributed by atoms with van der Waals surface area (Å²) < 4.78 is 1.67. The highest BCUT2D eigenvalue weighted by Crippen LogP contribution is 2.28. The smallest absolute Gasteiger partial charge is 0.262 e. The number of aliphatic hydroxyl groups is 1. The maximum absolute atomic E-state index is 12.9. The van der Waals surface area contributed by atoms with Crippen molar-refractivity contribution in [2.45, 2.75) is 38.8 Å². The number of nitrogens with one attached hydrogen (secondary N) is 2. The Morgan fingerprint density at radius 1 is 1.29 bits per heavy atom. The Balaban J connectivity index is 1.70. The molecule has 2 atom stereocenters. The van der Waals surface area contributed by atoms with Crippen LogP contribution in [0, 0.1) is 5.92 Å². The summed E-state index contributed by atoms with van der Waals surface area (Å²) in [6.07, 6.45) is 8.99. The molecule has 0 unspecified atom stereocenters. The van der Waals surface area contributed by atoms with Gasteiger partial charge in [0.25, 0.3) is 5.56 Å². The molecule has 3 N–H and O–H groups in total. The fraction of sp³-hybridized carbons (Fsp3) is 0.400. The Morgan fingerprint density at radius 3 is 2.89 bits per heavy atom. The van der Waals surface area contributed by atoms with E-state index in [1.165, 1.54) is 0 Å². The molecule has 0 spiro atoms. The topological polar surface area (TPSA) is 105 Å². The molecule has 1 saturated carbocycles. The lowest BCUT2D eigenvalue weighted by atomic mass is 10.1. The number of pyridine rings is 2. The maximum Gasteiger partial charge on any atom is 0.262 e. The first-order chi connectivity index (χ1) is 13.6. The fourth-order valence-electron chi connectivity index (χ4n) is 3.71. The third-order valence-corrected chi connectivity index (χ3v) is 5.19. The highest BCUT2D eigenvalue weighted by molar-refractivity contribution is 5.93. The van der Waals surface area contributed by atoms with Gasteiger partial charge in [-0.3, -0.25) is 9.78 Å². The van der Waals surface area contributed by atoms with E-state index in [-0.39, 0.29) is 11.7 Å². The molecule has 4 rings (SSSR count). The summed E-state index contributed by atoms with van der Waals surface area (Å²) in [4.78, 5) is 25.8. The molecule has 3 heterocycles. The van der Waals surface area contributed by atoms with Crippen LogP contribution in [0.3, 0.4) is 0 Å². The molecule has 3 aromatic heterocycles. The molecule has 8 heteroatoms. The number of aryl methyl sites for hydroxylation is 1. The quantitative estimate of drug-likeness (QED) is 0.603. The standard InChI is InChI=1S/C20H24N6O2/c1-2-26-8-5-14-10-16(24-17-12-21-6-7-22-17)25-19(18(14)20(26)28)23-11-13-3-4-15(27)9-13/h5-8,10,12-13,15,27H,2-4,9,11H2,1H3,(H2,22,23,24,25)/t13-,15-/m1/s1. The highest BCUT2D eigenvalue weighted by atomic mass is 16.3. The van der Waals surface area contributed by atoms with Gasteiger partial charge in [0.05, 0.1) is 17.7 Å². The van der Waals surface area contributed by atoms with Crippen LogP contribution in [-0.4, -0.2) is 37.3 Å². The minimum Gasteiger partial charge on any atom is -0.393 e. The van der Waals surface area contributed by atoms with E-state index in [4.69, 9.17) is 0 Å². The lowest BCUT2D eigenvalue weighted by Gasteiger charge is -2.15. The van der Waals surface area contributed by atoms with Crippen molar-refractivity contribution in [2.24, 2.45) is 5.92 Å². The second-order valence-corrected chi connectivity index (χ2v) is 7.16. The van der Waals surface area contributed by atoms with E-state index < -0.39 is 0 Å². The second-order valence-electron chi connectivity index (χ2n) is 7.16. The SMILES string of the molecule is CCn1ccc2cc(Nc3cnccn3)nc(NC[C@@H]3CC[C@@H](O)C3)c2c1=O. The first-order valence-corrected chi connectivity index (χ1v) is 9.63. The van der Waals surface area contributed by atoms with Gasteiger partial charge in [0.15, 0.2) is 0 Å². The molecule has 3 aromatic rings. The van der Waals surface area contributed by atoms with Crippen molar-refractivity contribution in [2.75, 3.05) is 17.2 Å². The summed E-state index contributed by atoms with van der Waals surface area (Å²) in [5.41, 5.74) is -0.0625. The predicted octanol–water partition coefficient (Wildman–Crippen LogP) is 2.52. The van der Waals surface area contributed by atoms with Crippen LogP contribution in [0.15, 0.2) is 41.7 Å². The number of aliphatic hydroxyl groups excluding tert-OH is 1. The monoisotopic (exact) mass is 380 g/mol. The van der Waals surface area contributed by atoms with Crippen molar-refractivity contribution in [3.63, 3.8) is 0 Å². The van der Waals surface area contributed by atoms with Gasteiger partial charge in [-0.05, 0) is 49.6 Å². The predicted molar refractivity (Wildman–Crippen MR) is 109 cm³/mol. The van der Waals surface area contributed by atoms with Crippen LogP contribution in [-0.2, 0) is 6.54 Å². The van der Waals surface area contributed by atoms with Gasteiger partial charge >= 0.3 is 0 Å². The molecule has 0 saturated heterocycles. The fourth-order valence-corrected chi connectivity index (χ4v) is 3.71. The molecule has 8 nitrogen and oxygen atoms in total. The second kappa shape index (κ2) is 7.93. The van der Waals surface area contributed by atoms with Crippen LogP contribution in [0.25, 0.3) is 10.8 Å². The van der Waals surface area contributed by atoms with Gasteiger partial charge in [0.2, 0.25) is 0 Å².